The van der Waals surface area contributed by atoms with Crippen molar-refractivity contribution in [2.24, 2.45) is 0 Å². The second-order valence-corrected chi connectivity index (χ2v) is 10.0. The number of rotatable bonds is 8. The first-order valence-corrected chi connectivity index (χ1v) is 12.0. The number of hydrogen-bond acceptors (Lipinski definition) is 7. The Bertz CT molecular complexity index is 1160. The van der Waals surface area contributed by atoms with Gasteiger partial charge in [0.2, 0.25) is 0 Å². The third-order valence-corrected chi connectivity index (χ3v) is 6.46. The molecule has 12 heteroatoms. The second kappa shape index (κ2) is 10.1. The number of fused-ring (bicyclic) bond motifs is 1. The van der Waals surface area contributed by atoms with Crippen LogP contribution in [0.25, 0.3) is 0 Å². The molecule has 0 aromatic heterocycles. The minimum absolute atomic E-state index is 0.0919. The molecule has 9 nitrogen and oxygen atoms in total. The molecule has 1 amide bonds. The number of phosphoric acid groups is 1. The summed E-state index contributed by atoms with van der Waals surface area (Å²) >= 11 is 5.82. The van der Waals surface area contributed by atoms with E-state index in [0.29, 0.717) is 16.9 Å². The van der Waals surface area contributed by atoms with Crippen molar-refractivity contribution in [1.82, 2.24) is 5.32 Å². The van der Waals surface area contributed by atoms with Crippen molar-refractivity contribution in [2.45, 2.75) is 38.5 Å². The van der Waals surface area contributed by atoms with E-state index in [2.05, 4.69) is 9.84 Å². The number of ketones is 1. The number of hydrogen-bond donors (Lipinski definition) is 2. The first-order valence-electron chi connectivity index (χ1n) is 10.1. The third kappa shape index (κ3) is 5.83. The van der Waals surface area contributed by atoms with Crippen LogP contribution in [0.1, 0.15) is 53.1 Å². The Morgan fingerprint density at radius 1 is 1.24 bits per heavy atom. The topological polar surface area (TPSA) is 120 Å². The summed E-state index contributed by atoms with van der Waals surface area (Å²) in [6.45, 7) is 4.13. The van der Waals surface area contributed by atoms with Crippen molar-refractivity contribution < 1.29 is 42.0 Å². The van der Waals surface area contributed by atoms with Gasteiger partial charge in [-0.15, -0.1) is 0 Å². The van der Waals surface area contributed by atoms with E-state index < -0.39 is 44.1 Å². The number of carbonyl (C=O) groups excluding carboxylic acids is 2. The van der Waals surface area contributed by atoms with E-state index in [1.807, 2.05) is 0 Å². The van der Waals surface area contributed by atoms with Gasteiger partial charge in [-0.05, 0) is 57.2 Å². The Kier molecular flexibility index (Phi) is 7.82. The number of nitrogens with one attached hydrogen (secondary N) is 1. The fourth-order valence-electron chi connectivity index (χ4n) is 3.54. The predicted molar refractivity (Wildman–Crippen MR) is 120 cm³/mol. The zero-order valence-corrected chi connectivity index (χ0v) is 20.5. The summed E-state index contributed by atoms with van der Waals surface area (Å²) < 4.78 is 46.2. The summed E-state index contributed by atoms with van der Waals surface area (Å²) in [5, 5.41) is 2.59. The van der Waals surface area contributed by atoms with E-state index >= 15 is 0 Å². The van der Waals surface area contributed by atoms with Crippen LogP contribution in [0.2, 0.25) is 5.02 Å². The zero-order chi connectivity index (χ0) is 25.3. The largest absolute Gasteiger partial charge is 0.485 e. The Balaban J connectivity index is 2.00. The van der Waals surface area contributed by atoms with Crippen molar-refractivity contribution in [2.75, 3.05) is 13.9 Å². The van der Waals surface area contributed by atoms with E-state index in [9.17, 15) is 23.4 Å². The van der Waals surface area contributed by atoms with Crippen LogP contribution >= 0.6 is 19.4 Å². The molecule has 1 heterocycles. The van der Waals surface area contributed by atoms with Gasteiger partial charge in [0.1, 0.15) is 23.3 Å². The van der Waals surface area contributed by atoms with E-state index in [4.69, 9.17) is 25.6 Å². The summed E-state index contributed by atoms with van der Waals surface area (Å²) in [7, 11) is -3.32. The average molecular weight is 516 g/mol. The van der Waals surface area contributed by atoms with Crippen LogP contribution < -0.4 is 10.1 Å². The van der Waals surface area contributed by atoms with Crippen molar-refractivity contribution in [3.63, 3.8) is 0 Å². The average Bonchev–Trinajstić information content (AvgIpc) is 2.76. The number of carbonyl (C=O) groups is 2. The minimum Gasteiger partial charge on any atom is -0.485 e. The molecule has 0 aliphatic carbocycles. The summed E-state index contributed by atoms with van der Waals surface area (Å²) in [6.07, 6.45) is -0.945. The summed E-state index contributed by atoms with van der Waals surface area (Å²) in [5.74, 6) is -1.07. The Labute approximate surface area is 200 Å². The van der Waals surface area contributed by atoms with E-state index in [1.54, 1.807) is 32.0 Å². The molecule has 3 atom stereocenters. The summed E-state index contributed by atoms with van der Waals surface area (Å²) in [5.41, 5.74) is -0.147. The van der Waals surface area contributed by atoms with Crippen LogP contribution in [-0.4, -0.2) is 42.2 Å². The molecule has 2 aromatic rings. The van der Waals surface area contributed by atoms with Crippen LogP contribution in [0, 0.1) is 5.82 Å². The van der Waals surface area contributed by atoms with Crippen LogP contribution in [0.4, 0.5) is 4.39 Å². The highest BCUT2D eigenvalue weighted by Crippen LogP contribution is 2.44. The van der Waals surface area contributed by atoms with Gasteiger partial charge in [0.25, 0.3) is 5.91 Å². The second-order valence-electron chi connectivity index (χ2n) is 8.08. The van der Waals surface area contributed by atoms with E-state index in [-0.39, 0.29) is 16.4 Å². The Morgan fingerprint density at radius 3 is 2.53 bits per heavy atom. The Hall–Kier alpha value is -2.33. The number of Topliss-reactive ketones (excluding diaryl/α,β-unsaturated/α-hetero) is 1. The first kappa shape index (κ1) is 26.3. The molecule has 1 aliphatic rings. The van der Waals surface area contributed by atoms with Gasteiger partial charge in [-0.3, -0.25) is 18.6 Å². The lowest BCUT2D eigenvalue weighted by atomic mass is 9.85. The van der Waals surface area contributed by atoms with Crippen molar-refractivity contribution >= 4 is 31.1 Å². The van der Waals surface area contributed by atoms with Crippen molar-refractivity contribution in [1.29, 1.82) is 0 Å². The van der Waals surface area contributed by atoms with Gasteiger partial charge in [0.15, 0.2) is 12.6 Å². The number of ether oxygens (including phenoxy) is 2. The SMILES string of the molecule is COP(=O)(O)OCO[C@H]1[C@@H](NC(=O)c2ccc(F)c(Cl)c2)c2cc(C(C)=O)ccc2OC1(C)C. The lowest BCUT2D eigenvalue weighted by Crippen LogP contribution is -2.55. The van der Waals surface area contributed by atoms with Gasteiger partial charge in [0, 0.05) is 23.8 Å². The highest BCUT2D eigenvalue weighted by molar-refractivity contribution is 7.47. The summed E-state index contributed by atoms with van der Waals surface area (Å²) in [4.78, 5) is 34.5. The van der Waals surface area contributed by atoms with Crippen molar-refractivity contribution in [3.8, 4) is 5.75 Å². The van der Waals surface area contributed by atoms with Gasteiger partial charge in [-0.1, -0.05) is 11.6 Å². The smallest absolute Gasteiger partial charge is 0.474 e. The molecule has 0 saturated heterocycles. The molecule has 0 fully saturated rings. The molecule has 0 spiro atoms. The number of phosphoric ester groups is 1. The number of halogens is 2. The highest BCUT2D eigenvalue weighted by atomic mass is 35.5. The molecule has 0 saturated carbocycles. The third-order valence-electron chi connectivity index (χ3n) is 5.27. The zero-order valence-electron chi connectivity index (χ0n) is 18.8. The normalized spacial score (nSPS) is 20.6. The summed E-state index contributed by atoms with van der Waals surface area (Å²) in [6, 6.07) is 7.41. The molecule has 0 bridgehead atoms. The van der Waals surface area contributed by atoms with Crippen LogP contribution in [0.5, 0.6) is 5.75 Å². The first-order chi connectivity index (χ1) is 15.8. The fraction of sp³-hybridized carbons (Fsp3) is 0.364. The standard InChI is InChI=1S/C22H24ClFNO8P/c1-12(26)13-6-8-18-15(9-13)19(25-21(27)14-5-7-17(24)16(23)10-14)20(22(2,3)33-18)31-11-32-34(28,29)30-4/h5-10,19-20H,11H2,1-4H3,(H,25,27)(H,28,29)/t19-,20-/m0/s1. The molecular weight excluding hydrogens is 492 g/mol. The monoisotopic (exact) mass is 515 g/mol. The van der Waals surface area contributed by atoms with Gasteiger partial charge in [-0.25, -0.2) is 8.96 Å². The molecule has 2 N–H and O–H groups in total. The van der Waals surface area contributed by atoms with E-state index in [1.165, 1.54) is 19.1 Å². The molecular formula is C22H24ClFNO8P. The number of amides is 1. The van der Waals surface area contributed by atoms with Crippen LogP contribution in [-0.2, 0) is 18.3 Å². The fourth-order valence-corrected chi connectivity index (χ4v) is 4.02. The lowest BCUT2D eigenvalue weighted by Gasteiger charge is -2.44. The molecule has 34 heavy (non-hydrogen) atoms. The Morgan fingerprint density at radius 2 is 1.91 bits per heavy atom. The lowest BCUT2D eigenvalue weighted by molar-refractivity contribution is -0.141. The molecule has 1 aliphatic heterocycles. The van der Waals surface area contributed by atoms with Gasteiger partial charge >= 0.3 is 7.82 Å². The predicted octanol–water partition coefficient (Wildman–Crippen LogP) is 4.43. The maximum absolute atomic E-state index is 13.6. The van der Waals surface area contributed by atoms with Gasteiger partial charge in [-0.2, -0.15) is 0 Å². The molecule has 2 aromatic carbocycles. The molecule has 1 unspecified atom stereocenters. The molecule has 3 rings (SSSR count). The maximum atomic E-state index is 13.6. The van der Waals surface area contributed by atoms with Gasteiger partial charge in [0.05, 0.1) is 11.1 Å². The van der Waals surface area contributed by atoms with Gasteiger partial charge < -0.3 is 19.7 Å². The van der Waals surface area contributed by atoms with E-state index in [0.717, 1.165) is 13.2 Å². The van der Waals surface area contributed by atoms with Crippen LogP contribution in [0.15, 0.2) is 36.4 Å². The molecule has 0 radical (unpaired) electrons. The highest BCUT2D eigenvalue weighted by Gasteiger charge is 2.46. The quantitative estimate of drug-likeness (QED) is 0.301. The minimum atomic E-state index is -4.32. The van der Waals surface area contributed by atoms with Crippen molar-refractivity contribution in [3.05, 3.63) is 63.9 Å². The number of benzene rings is 2. The van der Waals surface area contributed by atoms with Crippen LogP contribution in [0.3, 0.4) is 0 Å². The maximum Gasteiger partial charge on any atom is 0.474 e. The molecule has 184 valence electrons.